The van der Waals surface area contributed by atoms with Crippen LogP contribution in [0.4, 0.5) is 0 Å². The van der Waals surface area contributed by atoms with E-state index in [0.29, 0.717) is 18.7 Å². The molecule has 1 saturated heterocycles. The third-order valence-electron chi connectivity index (χ3n) is 2.73. The van der Waals surface area contributed by atoms with E-state index in [-0.39, 0.29) is 18.5 Å². The third kappa shape index (κ3) is 2.59. The highest BCUT2D eigenvalue weighted by Crippen LogP contribution is 2.16. The summed E-state index contributed by atoms with van der Waals surface area (Å²) in [5, 5.41) is 10.6. The second kappa shape index (κ2) is 5.09. The molecule has 1 aromatic carbocycles. The largest absolute Gasteiger partial charge is 0.396 e. The van der Waals surface area contributed by atoms with Gasteiger partial charge in [-0.25, -0.2) is 4.79 Å². The summed E-state index contributed by atoms with van der Waals surface area (Å²) in [7, 11) is 0. The SMILES string of the molecule is O=C(ON1CCC(CO)C1)c1ccccc1. The van der Waals surface area contributed by atoms with Gasteiger partial charge in [0.15, 0.2) is 0 Å². The lowest BCUT2D eigenvalue weighted by molar-refractivity contribution is -0.0961. The molecule has 1 aromatic rings. The van der Waals surface area contributed by atoms with Crippen LogP contribution in [0.25, 0.3) is 0 Å². The zero-order valence-corrected chi connectivity index (χ0v) is 9.00. The highest BCUT2D eigenvalue weighted by atomic mass is 16.7. The van der Waals surface area contributed by atoms with Gasteiger partial charge in [-0.3, -0.25) is 0 Å². The van der Waals surface area contributed by atoms with Crippen molar-refractivity contribution >= 4 is 5.97 Å². The molecule has 4 heteroatoms. The normalized spacial score (nSPS) is 20.9. The average molecular weight is 221 g/mol. The van der Waals surface area contributed by atoms with Crippen LogP contribution in [0.15, 0.2) is 30.3 Å². The van der Waals surface area contributed by atoms with Crippen molar-refractivity contribution in [3.63, 3.8) is 0 Å². The van der Waals surface area contributed by atoms with Crippen LogP contribution in [0.2, 0.25) is 0 Å². The van der Waals surface area contributed by atoms with Gasteiger partial charge < -0.3 is 9.94 Å². The molecule has 0 saturated carbocycles. The molecule has 1 heterocycles. The molecular weight excluding hydrogens is 206 g/mol. The van der Waals surface area contributed by atoms with Gasteiger partial charge in [-0.15, -0.1) is 5.06 Å². The van der Waals surface area contributed by atoms with Gasteiger partial charge in [0.05, 0.1) is 5.56 Å². The summed E-state index contributed by atoms with van der Waals surface area (Å²) in [5.74, 6) is -0.109. The molecule has 1 unspecified atom stereocenters. The number of hydrogen-bond donors (Lipinski definition) is 1. The number of aliphatic hydroxyl groups excluding tert-OH is 1. The van der Waals surface area contributed by atoms with Gasteiger partial charge in [0.25, 0.3) is 0 Å². The van der Waals surface area contributed by atoms with Crippen molar-refractivity contribution in [1.82, 2.24) is 5.06 Å². The molecule has 4 nitrogen and oxygen atoms in total. The van der Waals surface area contributed by atoms with Crippen molar-refractivity contribution < 1.29 is 14.7 Å². The summed E-state index contributed by atoms with van der Waals surface area (Å²) in [6.45, 7) is 1.47. The summed E-state index contributed by atoms with van der Waals surface area (Å²) in [6.07, 6.45) is 0.874. The maximum atomic E-state index is 11.7. The number of hydrogen-bond acceptors (Lipinski definition) is 4. The first-order valence-corrected chi connectivity index (χ1v) is 5.42. The molecule has 2 rings (SSSR count). The van der Waals surface area contributed by atoms with Crippen LogP contribution in [0.3, 0.4) is 0 Å². The first-order chi connectivity index (χ1) is 7.79. The molecule has 86 valence electrons. The predicted molar refractivity (Wildman–Crippen MR) is 58.6 cm³/mol. The van der Waals surface area contributed by atoms with E-state index in [9.17, 15) is 4.79 Å². The van der Waals surface area contributed by atoms with E-state index in [0.717, 1.165) is 6.42 Å². The van der Waals surface area contributed by atoms with Crippen LogP contribution in [-0.4, -0.2) is 35.8 Å². The van der Waals surface area contributed by atoms with Crippen molar-refractivity contribution in [2.75, 3.05) is 19.7 Å². The average Bonchev–Trinajstić information content (AvgIpc) is 2.78. The summed E-state index contributed by atoms with van der Waals surface area (Å²) in [5.41, 5.74) is 0.551. The monoisotopic (exact) mass is 221 g/mol. The number of carbonyl (C=O) groups is 1. The Kier molecular flexibility index (Phi) is 3.54. The molecule has 0 radical (unpaired) electrons. The van der Waals surface area contributed by atoms with Crippen LogP contribution in [0.1, 0.15) is 16.8 Å². The molecule has 0 bridgehead atoms. The standard InChI is InChI=1S/C12H15NO3/c14-9-10-6-7-13(8-10)16-12(15)11-4-2-1-3-5-11/h1-5,10,14H,6-9H2. The van der Waals surface area contributed by atoms with E-state index in [1.165, 1.54) is 0 Å². The number of aliphatic hydroxyl groups is 1. The Morgan fingerprint density at radius 1 is 1.44 bits per heavy atom. The van der Waals surface area contributed by atoms with E-state index in [4.69, 9.17) is 9.94 Å². The minimum absolute atomic E-state index is 0.152. The minimum atomic E-state index is -0.334. The Labute approximate surface area is 94.4 Å². The lowest BCUT2D eigenvalue weighted by atomic mass is 10.1. The Bertz CT molecular complexity index is 353. The highest BCUT2D eigenvalue weighted by molar-refractivity contribution is 5.89. The topological polar surface area (TPSA) is 49.8 Å². The number of carbonyl (C=O) groups excluding carboxylic acids is 1. The van der Waals surface area contributed by atoms with Gasteiger partial charge in [0, 0.05) is 19.7 Å². The Hall–Kier alpha value is -1.39. The van der Waals surface area contributed by atoms with Crippen molar-refractivity contribution in [3.8, 4) is 0 Å². The molecule has 1 aliphatic heterocycles. The second-order valence-corrected chi connectivity index (χ2v) is 3.97. The van der Waals surface area contributed by atoms with Gasteiger partial charge in [-0.1, -0.05) is 18.2 Å². The van der Waals surface area contributed by atoms with E-state index in [1.54, 1.807) is 29.3 Å². The fraction of sp³-hybridized carbons (Fsp3) is 0.417. The molecule has 1 N–H and O–H groups in total. The molecule has 0 aromatic heterocycles. The third-order valence-corrected chi connectivity index (χ3v) is 2.73. The predicted octanol–water partition coefficient (Wildman–Crippen LogP) is 1.07. The van der Waals surface area contributed by atoms with Gasteiger partial charge >= 0.3 is 5.97 Å². The maximum absolute atomic E-state index is 11.7. The second-order valence-electron chi connectivity index (χ2n) is 3.97. The molecular formula is C12H15NO3. The fourth-order valence-corrected chi connectivity index (χ4v) is 1.77. The molecule has 0 aliphatic carbocycles. The number of rotatable bonds is 3. The first-order valence-electron chi connectivity index (χ1n) is 5.42. The first kappa shape index (κ1) is 11.1. The Balaban J connectivity index is 1.89. The van der Waals surface area contributed by atoms with Crippen molar-refractivity contribution in [3.05, 3.63) is 35.9 Å². The molecule has 1 aliphatic rings. The van der Waals surface area contributed by atoms with E-state index >= 15 is 0 Å². The summed E-state index contributed by atoms with van der Waals surface area (Å²) >= 11 is 0. The number of benzene rings is 1. The smallest absolute Gasteiger partial charge is 0.357 e. The Morgan fingerprint density at radius 2 is 2.19 bits per heavy atom. The maximum Gasteiger partial charge on any atom is 0.357 e. The molecule has 0 amide bonds. The summed E-state index contributed by atoms with van der Waals surface area (Å²) in [4.78, 5) is 16.9. The fourth-order valence-electron chi connectivity index (χ4n) is 1.77. The van der Waals surface area contributed by atoms with Crippen molar-refractivity contribution in [2.45, 2.75) is 6.42 Å². The molecule has 1 fully saturated rings. The molecule has 16 heavy (non-hydrogen) atoms. The number of nitrogens with zero attached hydrogens (tertiary/aromatic N) is 1. The highest BCUT2D eigenvalue weighted by Gasteiger charge is 2.25. The van der Waals surface area contributed by atoms with E-state index in [1.807, 2.05) is 6.07 Å². The number of hydroxylamine groups is 2. The van der Waals surface area contributed by atoms with Gasteiger partial charge in [0.1, 0.15) is 0 Å². The molecule has 1 atom stereocenters. The zero-order chi connectivity index (χ0) is 11.4. The van der Waals surface area contributed by atoms with Gasteiger partial charge in [-0.2, -0.15) is 0 Å². The van der Waals surface area contributed by atoms with Gasteiger partial charge in [0.2, 0.25) is 0 Å². The lowest BCUT2D eigenvalue weighted by Crippen LogP contribution is -2.25. The van der Waals surface area contributed by atoms with E-state index < -0.39 is 0 Å². The molecule has 0 spiro atoms. The quantitative estimate of drug-likeness (QED) is 0.829. The van der Waals surface area contributed by atoms with Crippen LogP contribution in [0.5, 0.6) is 0 Å². The summed E-state index contributed by atoms with van der Waals surface area (Å²) < 4.78 is 0. The van der Waals surface area contributed by atoms with Crippen LogP contribution < -0.4 is 0 Å². The minimum Gasteiger partial charge on any atom is -0.396 e. The lowest BCUT2D eigenvalue weighted by Gasteiger charge is -2.14. The van der Waals surface area contributed by atoms with Gasteiger partial charge in [-0.05, 0) is 24.5 Å². The van der Waals surface area contributed by atoms with Crippen LogP contribution >= 0.6 is 0 Å². The summed E-state index contributed by atoms with van der Waals surface area (Å²) in [6, 6.07) is 8.91. The zero-order valence-electron chi connectivity index (χ0n) is 9.00. The van der Waals surface area contributed by atoms with Crippen LogP contribution in [-0.2, 0) is 4.84 Å². The Morgan fingerprint density at radius 3 is 2.81 bits per heavy atom. The van der Waals surface area contributed by atoms with Crippen LogP contribution in [0, 0.1) is 5.92 Å². The van der Waals surface area contributed by atoms with Crippen molar-refractivity contribution in [2.24, 2.45) is 5.92 Å². The van der Waals surface area contributed by atoms with Crippen molar-refractivity contribution in [1.29, 1.82) is 0 Å². The van der Waals surface area contributed by atoms with E-state index in [2.05, 4.69) is 0 Å².